The molecule has 0 bridgehead atoms. The lowest BCUT2D eigenvalue weighted by Crippen LogP contribution is -2.45. The second-order valence-corrected chi connectivity index (χ2v) is 6.87. The number of carbonyl (C=O) groups excluding carboxylic acids is 1. The molecular weight excluding hydrogens is 288 g/mol. The van der Waals surface area contributed by atoms with E-state index >= 15 is 0 Å². The minimum absolute atomic E-state index is 0.168. The highest BCUT2D eigenvalue weighted by atomic mass is 16.2. The van der Waals surface area contributed by atoms with Crippen molar-refractivity contribution in [3.05, 3.63) is 35.4 Å². The number of piperidine rings is 1. The molecule has 2 heterocycles. The van der Waals surface area contributed by atoms with Crippen LogP contribution in [0.3, 0.4) is 0 Å². The molecule has 2 aliphatic heterocycles. The van der Waals surface area contributed by atoms with Gasteiger partial charge in [-0.15, -0.1) is 0 Å². The summed E-state index contributed by atoms with van der Waals surface area (Å²) in [5, 5.41) is 0. The molecule has 1 aromatic carbocycles. The Kier molecular flexibility index (Phi) is 5.30. The van der Waals surface area contributed by atoms with Crippen molar-refractivity contribution in [3.63, 3.8) is 0 Å². The maximum Gasteiger partial charge on any atom is 0.254 e. The number of hydrogen-bond acceptors (Lipinski definition) is 4. The zero-order valence-electron chi connectivity index (χ0n) is 14.1. The van der Waals surface area contributed by atoms with Gasteiger partial charge in [0.15, 0.2) is 0 Å². The second kappa shape index (κ2) is 7.43. The molecule has 126 valence electrons. The van der Waals surface area contributed by atoms with Gasteiger partial charge in [0, 0.05) is 57.4 Å². The average Bonchev–Trinajstić information content (AvgIpc) is 2.57. The molecular formula is C18H28N4O. The van der Waals surface area contributed by atoms with Crippen molar-refractivity contribution >= 4 is 5.91 Å². The highest BCUT2D eigenvalue weighted by Crippen LogP contribution is 2.18. The van der Waals surface area contributed by atoms with E-state index in [1.807, 2.05) is 23.1 Å². The molecule has 0 saturated carbocycles. The van der Waals surface area contributed by atoms with Crippen LogP contribution in [0.4, 0.5) is 0 Å². The molecule has 3 rings (SSSR count). The van der Waals surface area contributed by atoms with E-state index in [0.717, 1.165) is 69.8 Å². The number of benzene rings is 1. The van der Waals surface area contributed by atoms with E-state index in [1.165, 1.54) is 0 Å². The molecule has 2 saturated heterocycles. The second-order valence-electron chi connectivity index (χ2n) is 6.87. The third-order valence-corrected chi connectivity index (χ3v) is 5.06. The Morgan fingerprint density at radius 2 is 1.74 bits per heavy atom. The molecule has 5 nitrogen and oxygen atoms in total. The number of nitrogens with two attached hydrogens (primary N) is 1. The molecule has 2 N–H and O–H groups in total. The summed E-state index contributed by atoms with van der Waals surface area (Å²) in [5.74, 6) is 0.168. The molecule has 0 radical (unpaired) electrons. The number of piperazine rings is 1. The highest BCUT2D eigenvalue weighted by molar-refractivity contribution is 5.95. The molecule has 23 heavy (non-hydrogen) atoms. The third-order valence-electron chi connectivity index (χ3n) is 5.06. The van der Waals surface area contributed by atoms with Crippen LogP contribution in [0.5, 0.6) is 0 Å². The van der Waals surface area contributed by atoms with Crippen molar-refractivity contribution in [1.82, 2.24) is 14.7 Å². The maximum absolute atomic E-state index is 12.9. The SMILES string of the molecule is CN1CCN(Cc2ccccc2C(=O)N2CCC(N)CC2)CC1. The van der Waals surface area contributed by atoms with Crippen LogP contribution in [0.25, 0.3) is 0 Å². The van der Waals surface area contributed by atoms with Gasteiger partial charge >= 0.3 is 0 Å². The number of carbonyl (C=O) groups is 1. The summed E-state index contributed by atoms with van der Waals surface area (Å²) >= 11 is 0. The van der Waals surface area contributed by atoms with Gasteiger partial charge in [-0.05, 0) is 31.5 Å². The lowest BCUT2D eigenvalue weighted by molar-refractivity contribution is 0.0711. The van der Waals surface area contributed by atoms with Crippen molar-refractivity contribution in [1.29, 1.82) is 0 Å². The quantitative estimate of drug-likeness (QED) is 0.904. The minimum Gasteiger partial charge on any atom is -0.339 e. The van der Waals surface area contributed by atoms with Crippen LogP contribution < -0.4 is 5.73 Å². The van der Waals surface area contributed by atoms with Crippen LogP contribution in [0.1, 0.15) is 28.8 Å². The summed E-state index contributed by atoms with van der Waals surface area (Å²) in [4.78, 5) is 19.6. The lowest BCUT2D eigenvalue weighted by Gasteiger charge is -2.33. The predicted molar refractivity (Wildman–Crippen MR) is 92.3 cm³/mol. The van der Waals surface area contributed by atoms with Crippen molar-refractivity contribution in [2.24, 2.45) is 5.73 Å². The molecule has 0 unspecified atom stereocenters. The Bertz CT molecular complexity index is 532. The van der Waals surface area contributed by atoms with Crippen molar-refractivity contribution in [3.8, 4) is 0 Å². The van der Waals surface area contributed by atoms with E-state index in [1.54, 1.807) is 0 Å². The van der Waals surface area contributed by atoms with E-state index in [0.29, 0.717) is 0 Å². The number of likely N-dealkylation sites (N-methyl/N-ethyl adjacent to an activating group) is 1. The molecule has 0 aromatic heterocycles. The molecule has 0 aliphatic carbocycles. The van der Waals surface area contributed by atoms with Gasteiger partial charge in [-0.1, -0.05) is 18.2 Å². The largest absolute Gasteiger partial charge is 0.339 e. The van der Waals surface area contributed by atoms with Gasteiger partial charge in [-0.25, -0.2) is 0 Å². The monoisotopic (exact) mass is 316 g/mol. The summed E-state index contributed by atoms with van der Waals surface area (Å²) < 4.78 is 0. The van der Waals surface area contributed by atoms with Crippen LogP contribution >= 0.6 is 0 Å². The number of rotatable bonds is 3. The molecule has 2 fully saturated rings. The Morgan fingerprint density at radius 3 is 2.43 bits per heavy atom. The van der Waals surface area contributed by atoms with E-state index in [2.05, 4.69) is 22.9 Å². The fraction of sp³-hybridized carbons (Fsp3) is 0.611. The molecule has 5 heteroatoms. The first kappa shape index (κ1) is 16.4. The summed E-state index contributed by atoms with van der Waals surface area (Å²) in [5.41, 5.74) is 7.96. The normalized spacial score (nSPS) is 21.6. The average molecular weight is 316 g/mol. The first-order valence-corrected chi connectivity index (χ1v) is 8.67. The summed E-state index contributed by atoms with van der Waals surface area (Å²) in [6.07, 6.45) is 1.82. The zero-order valence-corrected chi connectivity index (χ0v) is 14.1. The van der Waals surface area contributed by atoms with Gasteiger partial charge < -0.3 is 15.5 Å². The minimum atomic E-state index is 0.168. The van der Waals surface area contributed by atoms with Crippen molar-refractivity contribution < 1.29 is 4.79 Å². The van der Waals surface area contributed by atoms with E-state index < -0.39 is 0 Å². The molecule has 2 aliphatic rings. The first-order chi connectivity index (χ1) is 11.1. The first-order valence-electron chi connectivity index (χ1n) is 8.67. The van der Waals surface area contributed by atoms with Crippen LogP contribution in [0, 0.1) is 0 Å². The third kappa shape index (κ3) is 4.10. The molecule has 1 aromatic rings. The Hall–Kier alpha value is -1.43. The fourth-order valence-corrected chi connectivity index (χ4v) is 3.39. The van der Waals surface area contributed by atoms with E-state index in [4.69, 9.17) is 5.73 Å². The van der Waals surface area contributed by atoms with Crippen LogP contribution in [-0.2, 0) is 6.54 Å². The Labute approximate surface area is 139 Å². The molecule has 0 atom stereocenters. The number of likely N-dealkylation sites (tertiary alicyclic amines) is 1. The maximum atomic E-state index is 12.9. The number of hydrogen-bond donors (Lipinski definition) is 1. The van der Waals surface area contributed by atoms with Crippen molar-refractivity contribution in [2.45, 2.75) is 25.4 Å². The van der Waals surface area contributed by atoms with Gasteiger partial charge in [0.2, 0.25) is 0 Å². The van der Waals surface area contributed by atoms with Gasteiger partial charge in [-0.2, -0.15) is 0 Å². The summed E-state index contributed by atoms with van der Waals surface area (Å²) in [6.45, 7) is 6.75. The smallest absolute Gasteiger partial charge is 0.254 e. The number of nitrogens with zero attached hydrogens (tertiary/aromatic N) is 3. The van der Waals surface area contributed by atoms with Gasteiger partial charge in [-0.3, -0.25) is 9.69 Å². The van der Waals surface area contributed by atoms with Crippen LogP contribution in [0.2, 0.25) is 0 Å². The predicted octanol–water partition coefficient (Wildman–Crippen LogP) is 0.997. The van der Waals surface area contributed by atoms with Gasteiger partial charge in [0.05, 0.1) is 0 Å². The molecule has 1 amide bonds. The standard InChI is InChI=1S/C18H28N4O/c1-20-10-12-21(13-11-20)14-15-4-2-3-5-17(15)18(23)22-8-6-16(19)7-9-22/h2-5,16H,6-14,19H2,1H3. The fourth-order valence-electron chi connectivity index (χ4n) is 3.39. The van der Waals surface area contributed by atoms with Crippen LogP contribution in [0.15, 0.2) is 24.3 Å². The summed E-state index contributed by atoms with van der Waals surface area (Å²) in [7, 11) is 2.16. The Morgan fingerprint density at radius 1 is 1.09 bits per heavy atom. The van der Waals surface area contributed by atoms with E-state index in [-0.39, 0.29) is 11.9 Å². The van der Waals surface area contributed by atoms with Crippen LogP contribution in [-0.4, -0.2) is 73.0 Å². The topological polar surface area (TPSA) is 52.8 Å². The van der Waals surface area contributed by atoms with Gasteiger partial charge in [0.1, 0.15) is 0 Å². The highest BCUT2D eigenvalue weighted by Gasteiger charge is 2.24. The van der Waals surface area contributed by atoms with E-state index in [9.17, 15) is 4.79 Å². The zero-order chi connectivity index (χ0) is 16.2. The Balaban J connectivity index is 1.69. The van der Waals surface area contributed by atoms with Gasteiger partial charge in [0.25, 0.3) is 5.91 Å². The number of amides is 1. The van der Waals surface area contributed by atoms with Crippen molar-refractivity contribution in [2.75, 3.05) is 46.3 Å². The summed E-state index contributed by atoms with van der Waals surface area (Å²) in [6, 6.07) is 8.33. The lowest BCUT2D eigenvalue weighted by atomic mass is 10.0. The molecule has 0 spiro atoms.